The molecule has 0 unspecified atom stereocenters. The normalized spacial score (nSPS) is 19.0. The standard InChI is InChI=1S/C21H30/c1-17(12-14-19-10-6-5-7-11-19)13-15-20-18(2)9-8-16-21(20,3)4/h5-7,10-12H,8-9,13-16H2,1-4H3. The van der Waals surface area contributed by atoms with Gasteiger partial charge in [0, 0.05) is 0 Å². The molecule has 21 heavy (non-hydrogen) atoms. The number of allylic oxidation sites excluding steroid dienone is 4. The van der Waals surface area contributed by atoms with Crippen molar-refractivity contribution in [3.8, 4) is 0 Å². The highest BCUT2D eigenvalue weighted by Gasteiger charge is 2.27. The fourth-order valence-corrected chi connectivity index (χ4v) is 3.56. The van der Waals surface area contributed by atoms with Crippen molar-refractivity contribution in [1.29, 1.82) is 0 Å². The minimum Gasteiger partial charge on any atom is -0.0812 e. The van der Waals surface area contributed by atoms with Crippen LogP contribution in [0.25, 0.3) is 0 Å². The van der Waals surface area contributed by atoms with Crippen LogP contribution in [0.4, 0.5) is 0 Å². The third-order valence-corrected chi connectivity index (χ3v) is 4.98. The molecule has 0 heteroatoms. The summed E-state index contributed by atoms with van der Waals surface area (Å²) in [7, 11) is 0. The number of hydrogen-bond donors (Lipinski definition) is 0. The quantitative estimate of drug-likeness (QED) is 0.542. The molecule has 1 aliphatic rings. The zero-order chi connectivity index (χ0) is 15.3. The molecule has 114 valence electrons. The van der Waals surface area contributed by atoms with Crippen molar-refractivity contribution in [2.24, 2.45) is 5.41 Å². The van der Waals surface area contributed by atoms with E-state index in [2.05, 4.69) is 64.1 Å². The number of rotatable bonds is 5. The molecular weight excluding hydrogens is 252 g/mol. The van der Waals surface area contributed by atoms with E-state index in [4.69, 9.17) is 0 Å². The van der Waals surface area contributed by atoms with E-state index >= 15 is 0 Å². The van der Waals surface area contributed by atoms with Gasteiger partial charge in [-0.15, -0.1) is 0 Å². The Labute approximate surface area is 131 Å². The molecule has 1 aliphatic carbocycles. The largest absolute Gasteiger partial charge is 0.0812 e. The minimum absolute atomic E-state index is 0.419. The van der Waals surface area contributed by atoms with Gasteiger partial charge in [0.25, 0.3) is 0 Å². The highest BCUT2D eigenvalue weighted by atomic mass is 14.3. The molecule has 2 rings (SSSR count). The van der Waals surface area contributed by atoms with E-state index < -0.39 is 0 Å². The minimum atomic E-state index is 0.419. The van der Waals surface area contributed by atoms with Gasteiger partial charge in [0.1, 0.15) is 0 Å². The van der Waals surface area contributed by atoms with Gasteiger partial charge in [-0.25, -0.2) is 0 Å². The fraction of sp³-hybridized carbons (Fsp3) is 0.524. The predicted molar refractivity (Wildman–Crippen MR) is 93.5 cm³/mol. The Hall–Kier alpha value is -1.30. The van der Waals surface area contributed by atoms with Gasteiger partial charge in [0.05, 0.1) is 0 Å². The van der Waals surface area contributed by atoms with Crippen LogP contribution in [0, 0.1) is 5.41 Å². The molecule has 1 aromatic rings. The summed E-state index contributed by atoms with van der Waals surface area (Å²) in [6.07, 6.45) is 9.96. The highest BCUT2D eigenvalue weighted by Crippen LogP contribution is 2.42. The lowest BCUT2D eigenvalue weighted by molar-refractivity contribution is 0.354. The summed E-state index contributed by atoms with van der Waals surface area (Å²) in [5.74, 6) is 0. The average Bonchev–Trinajstić information content (AvgIpc) is 2.45. The Morgan fingerprint density at radius 2 is 1.90 bits per heavy atom. The molecule has 0 saturated carbocycles. The van der Waals surface area contributed by atoms with E-state index in [1.165, 1.54) is 43.2 Å². The van der Waals surface area contributed by atoms with Crippen molar-refractivity contribution in [3.05, 3.63) is 58.7 Å². The summed E-state index contributed by atoms with van der Waals surface area (Å²) in [6, 6.07) is 10.7. The second-order valence-electron chi connectivity index (χ2n) is 7.24. The van der Waals surface area contributed by atoms with E-state index in [0.717, 1.165) is 6.42 Å². The lowest BCUT2D eigenvalue weighted by Crippen LogP contribution is -2.20. The van der Waals surface area contributed by atoms with Gasteiger partial charge in [-0.2, -0.15) is 0 Å². The molecule has 0 heterocycles. The van der Waals surface area contributed by atoms with E-state index in [0.29, 0.717) is 5.41 Å². The summed E-state index contributed by atoms with van der Waals surface area (Å²) >= 11 is 0. The molecule has 0 spiro atoms. The molecule has 0 N–H and O–H groups in total. The van der Waals surface area contributed by atoms with Crippen LogP contribution in [0.1, 0.15) is 65.4 Å². The van der Waals surface area contributed by atoms with Gasteiger partial charge < -0.3 is 0 Å². The van der Waals surface area contributed by atoms with Gasteiger partial charge >= 0.3 is 0 Å². The van der Waals surface area contributed by atoms with E-state index in [9.17, 15) is 0 Å². The molecule has 0 radical (unpaired) electrons. The fourth-order valence-electron chi connectivity index (χ4n) is 3.56. The van der Waals surface area contributed by atoms with Gasteiger partial charge in [-0.3, -0.25) is 0 Å². The number of benzene rings is 1. The molecule has 0 nitrogen and oxygen atoms in total. The van der Waals surface area contributed by atoms with Gasteiger partial charge in [-0.1, -0.05) is 67.0 Å². The maximum absolute atomic E-state index is 2.42. The van der Waals surface area contributed by atoms with Crippen molar-refractivity contribution >= 4 is 0 Å². The Kier molecular flexibility index (Phi) is 5.45. The third-order valence-electron chi connectivity index (χ3n) is 4.98. The summed E-state index contributed by atoms with van der Waals surface area (Å²) < 4.78 is 0. The lowest BCUT2D eigenvalue weighted by atomic mass is 9.71. The van der Waals surface area contributed by atoms with Crippen molar-refractivity contribution in [2.75, 3.05) is 0 Å². The first kappa shape index (κ1) is 16.1. The Balaban J connectivity index is 1.93. The van der Waals surface area contributed by atoms with Crippen molar-refractivity contribution in [3.63, 3.8) is 0 Å². The van der Waals surface area contributed by atoms with Crippen LogP contribution in [0.5, 0.6) is 0 Å². The maximum atomic E-state index is 2.42. The second-order valence-corrected chi connectivity index (χ2v) is 7.24. The zero-order valence-electron chi connectivity index (χ0n) is 14.2. The lowest BCUT2D eigenvalue weighted by Gasteiger charge is -2.35. The van der Waals surface area contributed by atoms with Crippen LogP contribution < -0.4 is 0 Å². The Bertz CT molecular complexity index is 514. The highest BCUT2D eigenvalue weighted by molar-refractivity contribution is 5.24. The number of hydrogen-bond acceptors (Lipinski definition) is 0. The van der Waals surface area contributed by atoms with Crippen molar-refractivity contribution in [1.82, 2.24) is 0 Å². The molecule has 0 amide bonds. The average molecular weight is 282 g/mol. The van der Waals surface area contributed by atoms with Crippen LogP contribution >= 0.6 is 0 Å². The Morgan fingerprint density at radius 3 is 2.57 bits per heavy atom. The van der Waals surface area contributed by atoms with Crippen LogP contribution in [0.3, 0.4) is 0 Å². The molecule has 0 aromatic heterocycles. The molecule has 1 aromatic carbocycles. The first-order valence-electron chi connectivity index (χ1n) is 8.38. The van der Waals surface area contributed by atoms with Gasteiger partial charge in [-0.05, 0) is 63.4 Å². The Morgan fingerprint density at radius 1 is 1.19 bits per heavy atom. The molecule has 0 fully saturated rings. The molecule has 0 bridgehead atoms. The van der Waals surface area contributed by atoms with Gasteiger partial charge in [0.15, 0.2) is 0 Å². The first-order chi connectivity index (χ1) is 9.99. The topological polar surface area (TPSA) is 0 Å². The van der Waals surface area contributed by atoms with Crippen LogP contribution in [0.2, 0.25) is 0 Å². The third kappa shape index (κ3) is 4.59. The molecule has 0 aliphatic heterocycles. The van der Waals surface area contributed by atoms with Crippen LogP contribution in [-0.2, 0) is 6.42 Å². The molecular formula is C21H30. The molecule has 0 atom stereocenters. The summed E-state index contributed by atoms with van der Waals surface area (Å²) in [6.45, 7) is 9.48. The van der Waals surface area contributed by atoms with Crippen LogP contribution in [0.15, 0.2) is 53.1 Å². The van der Waals surface area contributed by atoms with E-state index in [1.807, 2.05) is 0 Å². The zero-order valence-corrected chi connectivity index (χ0v) is 14.2. The molecule has 0 saturated heterocycles. The van der Waals surface area contributed by atoms with Crippen molar-refractivity contribution in [2.45, 2.75) is 66.2 Å². The monoisotopic (exact) mass is 282 g/mol. The predicted octanol–water partition coefficient (Wildman–Crippen LogP) is 6.48. The second kappa shape index (κ2) is 7.11. The summed E-state index contributed by atoms with van der Waals surface area (Å²) in [4.78, 5) is 0. The summed E-state index contributed by atoms with van der Waals surface area (Å²) in [5.41, 5.74) is 6.73. The summed E-state index contributed by atoms with van der Waals surface area (Å²) in [5, 5.41) is 0. The maximum Gasteiger partial charge on any atom is -0.00949 e. The van der Waals surface area contributed by atoms with E-state index in [-0.39, 0.29) is 0 Å². The van der Waals surface area contributed by atoms with E-state index in [1.54, 1.807) is 11.1 Å². The first-order valence-corrected chi connectivity index (χ1v) is 8.38. The van der Waals surface area contributed by atoms with Gasteiger partial charge in [0.2, 0.25) is 0 Å². The smallest absolute Gasteiger partial charge is 0.00949 e. The van der Waals surface area contributed by atoms with Crippen molar-refractivity contribution < 1.29 is 0 Å². The van der Waals surface area contributed by atoms with Crippen LogP contribution in [-0.4, -0.2) is 0 Å². The SMILES string of the molecule is CC(=CCc1ccccc1)CCC1=C(C)CCCC1(C)C.